The Morgan fingerprint density at radius 2 is 0.578 bits per heavy atom. The van der Waals surface area contributed by atoms with Crippen molar-refractivity contribution in [2.75, 3.05) is 0 Å². The minimum absolute atomic E-state index is 1.12. The van der Waals surface area contributed by atoms with E-state index in [2.05, 4.69) is 222 Å². The Hall–Kier alpha value is -8.74. The van der Waals surface area contributed by atoms with Crippen LogP contribution in [-0.4, -0.2) is 28.2 Å². The lowest BCUT2D eigenvalue weighted by Crippen LogP contribution is -1.96. The fourth-order valence-corrected chi connectivity index (χ4v) is 10.6. The van der Waals surface area contributed by atoms with Crippen molar-refractivity contribution in [1.82, 2.24) is 28.2 Å². The number of nitrogens with zero attached hydrogens (tertiary/aromatic N) is 6. The van der Waals surface area contributed by atoms with Gasteiger partial charge in [-0.3, -0.25) is 9.97 Å². The van der Waals surface area contributed by atoms with Crippen LogP contribution < -0.4 is 0 Å². The predicted octanol–water partition coefficient (Wildman–Crippen LogP) is 14.5. The lowest BCUT2D eigenvalue weighted by atomic mass is 10.0. The number of fused-ring (bicyclic) bond motifs is 12. The molecule has 0 aliphatic carbocycles. The smallest absolute Gasteiger partial charge is 0.0571 e. The van der Waals surface area contributed by atoms with Gasteiger partial charge in [0.05, 0.1) is 44.1 Å². The summed E-state index contributed by atoms with van der Waals surface area (Å²) in [5.41, 5.74) is 16.2. The summed E-state index contributed by atoms with van der Waals surface area (Å²) in [4.78, 5) is 9.12. The highest BCUT2D eigenvalue weighted by molar-refractivity contribution is 6.15. The molecule has 0 fully saturated rings. The molecular formula is C58H36N6. The van der Waals surface area contributed by atoms with Gasteiger partial charge in [-0.25, -0.2) is 0 Å². The Labute approximate surface area is 366 Å². The van der Waals surface area contributed by atoms with Crippen LogP contribution in [0.15, 0.2) is 219 Å². The van der Waals surface area contributed by atoms with E-state index in [1.807, 2.05) is 24.8 Å². The van der Waals surface area contributed by atoms with Gasteiger partial charge in [-0.2, -0.15) is 0 Å². The molecule has 0 atom stereocenters. The molecular weight excluding hydrogens is 781 g/mol. The lowest BCUT2D eigenvalue weighted by Gasteiger charge is -2.11. The van der Waals surface area contributed by atoms with Gasteiger partial charge in [-0.1, -0.05) is 84.9 Å². The number of para-hydroxylation sites is 4. The molecule has 14 rings (SSSR count). The number of benzene rings is 8. The second kappa shape index (κ2) is 13.4. The molecule has 0 spiro atoms. The molecule has 6 aromatic heterocycles. The zero-order chi connectivity index (χ0) is 41.9. The second-order valence-electron chi connectivity index (χ2n) is 16.7. The lowest BCUT2D eigenvalue weighted by molar-refractivity contribution is 1.16. The maximum absolute atomic E-state index is 4.56. The Morgan fingerprint density at radius 3 is 1.03 bits per heavy atom. The van der Waals surface area contributed by atoms with Gasteiger partial charge in [0.2, 0.25) is 0 Å². The van der Waals surface area contributed by atoms with Crippen LogP contribution in [0.5, 0.6) is 0 Å². The molecule has 6 heterocycles. The van der Waals surface area contributed by atoms with Crippen molar-refractivity contribution in [3.63, 3.8) is 0 Å². The summed E-state index contributed by atoms with van der Waals surface area (Å²) in [6.07, 6.45) is 7.75. The van der Waals surface area contributed by atoms with Crippen molar-refractivity contribution in [3.05, 3.63) is 219 Å². The highest BCUT2D eigenvalue weighted by Gasteiger charge is 2.20. The van der Waals surface area contributed by atoms with E-state index in [1.165, 1.54) is 65.5 Å². The van der Waals surface area contributed by atoms with E-state index in [9.17, 15) is 0 Å². The molecule has 8 aromatic carbocycles. The van der Waals surface area contributed by atoms with Gasteiger partial charge in [-0.05, 0) is 120 Å². The molecule has 0 N–H and O–H groups in total. The third-order valence-electron chi connectivity index (χ3n) is 13.3. The van der Waals surface area contributed by atoms with Gasteiger partial charge in [0.1, 0.15) is 0 Å². The number of aromatic nitrogens is 6. The SMILES string of the molecule is c1ccc(-n2c3ccncc3c3cc(-n4c5ccccc5c5cc(-c6ccc7c(c6)c6ccccc6n7-c6ccc7c(c6)c6cnccc6n7-c6ccccc6)ccc54)ccc32)cc1. The van der Waals surface area contributed by atoms with Crippen LogP contribution in [0.4, 0.5) is 0 Å². The van der Waals surface area contributed by atoms with E-state index in [4.69, 9.17) is 0 Å². The molecule has 64 heavy (non-hydrogen) atoms. The first-order chi connectivity index (χ1) is 31.8. The van der Waals surface area contributed by atoms with Crippen LogP contribution >= 0.6 is 0 Å². The van der Waals surface area contributed by atoms with Gasteiger partial charge >= 0.3 is 0 Å². The largest absolute Gasteiger partial charge is 0.309 e. The van der Waals surface area contributed by atoms with E-state index in [0.29, 0.717) is 0 Å². The summed E-state index contributed by atoms with van der Waals surface area (Å²) >= 11 is 0. The monoisotopic (exact) mass is 816 g/mol. The molecule has 0 bridgehead atoms. The van der Waals surface area contributed by atoms with Crippen molar-refractivity contribution >= 4 is 87.2 Å². The number of hydrogen-bond donors (Lipinski definition) is 0. The number of rotatable bonds is 5. The van der Waals surface area contributed by atoms with Gasteiger partial charge in [0.25, 0.3) is 0 Å². The van der Waals surface area contributed by atoms with Crippen molar-refractivity contribution in [2.45, 2.75) is 0 Å². The van der Waals surface area contributed by atoms with E-state index in [1.54, 1.807) is 0 Å². The molecule has 298 valence electrons. The predicted molar refractivity (Wildman–Crippen MR) is 265 cm³/mol. The summed E-state index contributed by atoms with van der Waals surface area (Å²) in [6, 6.07) is 70.6. The Bertz CT molecular complexity index is 3910. The van der Waals surface area contributed by atoms with Crippen LogP contribution in [0.3, 0.4) is 0 Å². The van der Waals surface area contributed by atoms with E-state index in [0.717, 1.165) is 55.6 Å². The molecule has 6 heteroatoms. The highest BCUT2D eigenvalue weighted by Crippen LogP contribution is 2.41. The fourth-order valence-electron chi connectivity index (χ4n) is 10.6. The molecule has 0 aliphatic heterocycles. The van der Waals surface area contributed by atoms with Crippen LogP contribution in [0.1, 0.15) is 0 Å². The summed E-state index contributed by atoms with van der Waals surface area (Å²) < 4.78 is 9.50. The molecule has 0 amide bonds. The maximum Gasteiger partial charge on any atom is 0.0571 e. The third-order valence-corrected chi connectivity index (χ3v) is 13.3. The number of pyridine rings is 2. The van der Waals surface area contributed by atoms with Gasteiger partial charge in [0.15, 0.2) is 0 Å². The van der Waals surface area contributed by atoms with Gasteiger partial charge < -0.3 is 18.3 Å². The van der Waals surface area contributed by atoms with E-state index >= 15 is 0 Å². The Kier molecular flexibility index (Phi) is 7.30. The van der Waals surface area contributed by atoms with Crippen molar-refractivity contribution in [3.8, 4) is 33.9 Å². The highest BCUT2D eigenvalue weighted by atomic mass is 15.0. The van der Waals surface area contributed by atoms with E-state index < -0.39 is 0 Å². The summed E-state index contributed by atoms with van der Waals surface area (Å²) in [7, 11) is 0. The van der Waals surface area contributed by atoms with Gasteiger partial charge in [-0.15, -0.1) is 0 Å². The van der Waals surface area contributed by atoms with Crippen LogP contribution in [0, 0.1) is 0 Å². The minimum Gasteiger partial charge on any atom is -0.309 e. The Balaban J connectivity index is 0.917. The number of hydrogen-bond acceptors (Lipinski definition) is 2. The first-order valence-electron chi connectivity index (χ1n) is 21.7. The van der Waals surface area contributed by atoms with Crippen molar-refractivity contribution < 1.29 is 0 Å². The minimum atomic E-state index is 1.12. The van der Waals surface area contributed by atoms with Crippen molar-refractivity contribution in [1.29, 1.82) is 0 Å². The quantitative estimate of drug-likeness (QED) is 0.174. The third kappa shape index (κ3) is 4.96. The van der Waals surface area contributed by atoms with Crippen LogP contribution in [0.25, 0.3) is 121 Å². The molecule has 0 saturated heterocycles. The first kappa shape index (κ1) is 34.9. The normalized spacial score (nSPS) is 12.1. The van der Waals surface area contributed by atoms with E-state index in [-0.39, 0.29) is 0 Å². The molecule has 0 radical (unpaired) electrons. The average Bonchev–Trinajstić information content (AvgIpc) is 4.09. The molecule has 0 aliphatic rings. The molecule has 0 saturated carbocycles. The summed E-state index contributed by atoms with van der Waals surface area (Å²) in [5, 5.41) is 9.52. The maximum atomic E-state index is 4.56. The molecule has 14 aromatic rings. The summed E-state index contributed by atoms with van der Waals surface area (Å²) in [5.74, 6) is 0. The van der Waals surface area contributed by atoms with Crippen LogP contribution in [-0.2, 0) is 0 Å². The second-order valence-corrected chi connectivity index (χ2v) is 16.7. The molecule has 0 unspecified atom stereocenters. The zero-order valence-corrected chi connectivity index (χ0v) is 34.5. The molecule has 6 nitrogen and oxygen atoms in total. The Morgan fingerprint density at radius 1 is 0.234 bits per heavy atom. The zero-order valence-electron chi connectivity index (χ0n) is 34.5. The van der Waals surface area contributed by atoms with Gasteiger partial charge in [0, 0.05) is 90.6 Å². The topological polar surface area (TPSA) is 45.5 Å². The summed E-state index contributed by atoms with van der Waals surface area (Å²) in [6.45, 7) is 0. The fraction of sp³-hybridized carbons (Fsp3) is 0. The van der Waals surface area contributed by atoms with Crippen molar-refractivity contribution in [2.24, 2.45) is 0 Å². The standard InChI is InChI=1S/C58H36N6/c1-3-11-39(12-4-1)61-55-25-21-41(33-47(55)49-35-59-29-27-57(49)61)63-51-17-9-7-15-43(51)45-31-37(19-23-53(45)63)38-20-24-54-46(32-38)44-16-8-10-18-52(44)64(54)42-22-26-56-48(34-42)50-36-60-30-28-58(50)62(56)40-13-5-2-6-14-40/h1-36H. The van der Waals surface area contributed by atoms with Crippen LogP contribution in [0.2, 0.25) is 0 Å². The first-order valence-corrected chi connectivity index (χ1v) is 21.7. The average molecular weight is 817 g/mol.